The second-order valence-electron chi connectivity index (χ2n) is 7.17. The van der Waals surface area contributed by atoms with E-state index in [1.165, 1.54) is 12.1 Å². The number of fused-ring (bicyclic) bond motifs is 1. The lowest BCUT2D eigenvalue weighted by atomic mass is 9.66. The van der Waals surface area contributed by atoms with Crippen molar-refractivity contribution in [2.75, 3.05) is 0 Å². The average molecular weight is 323 g/mol. The third-order valence-corrected chi connectivity index (χ3v) is 5.07. The molecule has 1 aliphatic carbocycles. The normalized spacial score (nSPS) is 26.9. The zero-order valence-corrected chi connectivity index (χ0v) is 13.5. The van der Waals surface area contributed by atoms with Crippen LogP contribution in [0, 0.1) is 10.1 Å². The monoisotopic (exact) mass is 323 g/mol. The third-order valence-electron chi connectivity index (χ3n) is 5.07. The van der Waals surface area contributed by atoms with Crippen molar-refractivity contribution in [3.8, 4) is 0 Å². The van der Waals surface area contributed by atoms with Gasteiger partial charge < -0.3 is 4.74 Å². The number of nitro benzene ring substituents is 1. The largest absolute Gasteiger partial charge is 0.352 e. The lowest BCUT2D eigenvalue weighted by Gasteiger charge is -2.35. The fourth-order valence-corrected chi connectivity index (χ4v) is 3.95. The van der Waals surface area contributed by atoms with E-state index in [1.54, 1.807) is 12.1 Å². The zero-order chi connectivity index (χ0) is 17.1. The molecule has 2 atom stereocenters. The maximum absolute atomic E-state index is 13.0. The molecule has 0 saturated carbocycles. The first-order chi connectivity index (χ1) is 11.3. The number of ether oxygens (including phenoxy) is 1. The Kier molecular flexibility index (Phi) is 2.97. The molecule has 1 saturated heterocycles. The molecular formula is C19H17NO4. The standard InChI is InChI=1S/C19H17NO4/c1-18(2)11-19(16(21)14-8-3-4-9-15(14)18)17(24-19)12-6-5-7-13(10-12)20(22)23/h3-10,17H,11H2,1-2H3/t17-,19-/m1/s1. The summed E-state index contributed by atoms with van der Waals surface area (Å²) in [6.07, 6.45) is 0.154. The van der Waals surface area contributed by atoms with Gasteiger partial charge in [0.15, 0.2) is 11.4 Å². The summed E-state index contributed by atoms with van der Waals surface area (Å²) in [7, 11) is 0. The van der Waals surface area contributed by atoms with E-state index in [4.69, 9.17) is 4.74 Å². The summed E-state index contributed by atoms with van der Waals surface area (Å²) in [5, 5.41) is 11.0. The van der Waals surface area contributed by atoms with Gasteiger partial charge >= 0.3 is 0 Å². The molecular weight excluding hydrogens is 306 g/mol. The Bertz CT molecular complexity index is 873. The van der Waals surface area contributed by atoms with Crippen LogP contribution in [0.4, 0.5) is 5.69 Å². The van der Waals surface area contributed by atoms with E-state index < -0.39 is 16.6 Å². The number of hydrogen-bond donors (Lipinski definition) is 0. The van der Waals surface area contributed by atoms with E-state index in [2.05, 4.69) is 13.8 Å². The highest BCUT2D eigenvalue weighted by atomic mass is 16.6. The molecule has 4 rings (SSSR count). The van der Waals surface area contributed by atoms with E-state index in [1.807, 2.05) is 24.3 Å². The molecule has 1 aliphatic heterocycles. The fourth-order valence-electron chi connectivity index (χ4n) is 3.95. The lowest BCUT2D eigenvalue weighted by Crippen LogP contribution is -2.40. The summed E-state index contributed by atoms with van der Waals surface area (Å²) < 4.78 is 5.90. The van der Waals surface area contributed by atoms with Crippen LogP contribution in [0.25, 0.3) is 0 Å². The van der Waals surface area contributed by atoms with Crippen molar-refractivity contribution >= 4 is 11.5 Å². The van der Waals surface area contributed by atoms with Crippen LogP contribution in [0.5, 0.6) is 0 Å². The molecule has 0 N–H and O–H groups in total. The second kappa shape index (κ2) is 4.74. The average Bonchev–Trinajstić information content (AvgIpc) is 3.27. The van der Waals surface area contributed by atoms with Crippen LogP contribution in [-0.2, 0) is 10.2 Å². The summed E-state index contributed by atoms with van der Waals surface area (Å²) in [5.41, 5.74) is 1.34. The van der Waals surface area contributed by atoms with Crippen LogP contribution in [-0.4, -0.2) is 16.3 Å². The number of carbonyl (C=O) groups is 1. The van der Waals surface area contributed by atoms with Crippen LogP contribution < -0.4 is 0 Å². The van der Waals surface area contributed by atoms with E-state index in [0.29, 0.717) is 17.5 Å². The van der Waals surface area contributed by atoms with Gasteiger partial charge in [0.1, 0.15) is 6.10 Å². The number of benzene rings is 2. The van der Waals surface area contributed by atoms with Gasteiger partial charge in [0, 0.05) is 17.7 Å². The van der Waals surface area contributed by atoms with Crippen LogP contribution in [0.2, 0.25) is 0 Å². The molecule has 2 aromatic rings. The SMILES string of the molecule is CC1(C)C[C@@]2(O[C@@H]2c2cccc([N+](=O)[O-])c2)C(=O)c2ccccc21. The molecule has 2 aliphatic rings. The summed E-state index contributed by atoms with van der Waals surface area (Å²) in [6, 6.07) is 14.0. The van der Waals surface area contributed by atoms with Crippen LogP contribution in [0.15, 0.2) is 48.5 Å². The van der Waals surface area contributed by atoms with Crippen molar-refractivity contribution in [2.45, 2.75) is 37.4 Å². The molecule has 0 unspecified atom stereocenters. The molecule has 1 spiro atoms. The van der Waals surface area contributed by atoms with Gasteiger partial charge in [0.25, 0.3) is 5.69 Å². The molecule has 0 radical (unpaired) electrons. The number of non-ortho nitro benzene ring substituents is 1. The highest BCUT2D eigenvalue weighted by molar-refractivity contribution is 6.07. The Morgan fingerprint density at radius 1 is 1.17 bits per heavy atom. The minimum Gasteiger partial charge on any atom is -0.352 e. The number of nitrogens with zero attached hydrogens (tertiary/aromatic N) is 1. The predicted octanol–water partition coefficient (Wildman–Crippen LogP) is 3.97. The highest BCUT2D eigenvalue weighted by Gasteiger charge is 2.67. The molecule has 122 valence electrons. The molecule has 5 nitrogen and oxygen atoms in total. The van der Waals surface area contributed by atoms with Gasteiger partial charge in [0.05, 0.1) is 4.92 Å². The fraction of sp³-hybridized carbons (Fsp3) is 0.316. The lowest BCUT2D eigenvalue weighted by molar-refractivity contribution is -0.384. The molecule has 0 amide bonds. The Morgan fingerprint density at radius 3 is 2.67 bits per heavy atom. The predicted molar refractivity (Wildman–Crippen MR) is 88.1 cm³/mol. The molecule has 24 heavy (non-hydrogen) atoms. The van der Waals surface area contributed by atoms with Gasteiger partial charge in [-0.15, -0.1) is 0 Å². The van der Waals surface area contributed by atoms with Gasteiger partial charge in [-0.1, -0.05) is 50.2 Å². The van der Waals surface area contributed by atoms with Gasteiger partial charge in [-0.3, -0.25) is 14.9 Å². The Morgan fingerprint density at radius 2 is 1.92 bits per heavy atom. The van der Waals surface area contributed by atoms with Crippen molar-refractivity contribution in [3.05, 3.63) is 75.3 Å². The number of carbonyl (C=O) groups excluding carboxylic acids is 1. The van der Waals surface area contributed by atoms with Gasteiger partial charge in [-0.25, -0.2) is 0 Å². The van der Waals surface area contributed by atoms with Crippen molar-refractivity contribution in [3.63, 3.8) is 0 Å². The first kappa shape index (κ1) is 15.0. The number of nitro groups is 1. The highest BCUT2D eigenvalue weighted by Crippen LogP contribution is 2.60. The second-order valence-corrected chi connectivity index (χ2v) is 7.17. The quantitative estimate of drug-likeness (QED) is 0.476. The van der Waals surface area contributed by atoms with Crippen molar-refractivity contribution in [1.29, 1.82) is 0 Å². The molecule has 0 aromatic heterocycles. The Hall–Kier alpha value is -2.53. The number of hydrogen-bond acceptors (Lipinski definition) is 4. The van der Waals surface area contributed by atoms with Crippen LogP contribution in [0.3, 0.4) is 0 Å². The molecule has 1 fully saturated rings. The van der Waals surface area contributed by atoms with Crippen LogP contribution >= 0.6 is 0 Å². The minimum atomic E-state index is -0.896. The first-order valence-corrected chi connectivity index (χ1v) is 7.92. The summed E-state index contributed by atoms with van der Waals surface area (Å²) in [4.78, 5) is 23.6. The van der Waals surface area contributed by atoms with Crippen molar-refractivity contribution in [1.82, 2.24) is 0 Å². The van der Waals surface area contributed by atoms with E-state index in [0.717, 1.165) is 5.56 Å². The number of ketones is 1. The summed E-state index contributed by atoms with van der Waals surface area (Å²) in [5.74, 6) is -0.0195. The topological polar surface area (TPSA) is 72.7 Å². The smallest absolute Gasteiger partial charge is 0.269 e. The molecule has 0 bridgehead atoms. The molecule has 2 aromatic carbocycles. The molecule has 5 heteroatoms. The number of Topliss-reactive ketones (excluding diaryl/α,β-unsaturated/α-hetero) is 1. The molecule has 1 heterocycles. The Balaban J connectivity index is 1.75. The van der Waals surface area contributed by atoms with E-state index in [9.17, 15) is 14.9 Å². The maximum Gasteiger partial charge on any atom is 0.269 e. The van der Waals surface area contributed by atoms with E-state index in [-0.39, 0.29) is 16.9 Å². The number of epoxide rings is 1. The van der Waals surface area contributed by atoms with Gasteiger partial charge in [-0.2, -0.15) is 0 Å². The zero-order valence-electron chi connectivity index (χ0n) is 13.5. The minimum absolute atomic E-state index is 0.0149. The summed E-state index contributed by atoms with van der Waals surface area (Å²) in [6.45, 7) is 4.21. The number of rotatable bonds is 2. The van der Waals surface area contributed by atoms with Gasteiger partial charge in [-0.05, 0) is 23.0 Å². The third kappa shape index (κ3) is 2.01. The van der Waals surface area contributed by atoms with Crippen LogP contribution in [0.1, 0.15) is 47.9 Å². The van der Waals surface area contributed by atoms with Crippen molar-refractivity contribution < 1.29 is 14.5 Å². The Labute approximate surface area is 139 Å². The maximum atomic E-state index is 13.0. The van der Waals surface area contributed by atoms with Crippen molar-refractivity contribution in [2.24, 2.45) is 0 Å². The van der Waals surface area contributed by atoms with Gasteiger partial charge in [0.2, 0.25) is 0 Å². The first-order valence-electron chi connectivity index (χ1n) is 7.92. The van der Waals surface area contributed by atoms with E-state index >= 15 is 0 Å². The summed E-state index contributed by atoms with van der Waals surface area (Å²) >= 11 is 0.